The first-order valence-corrected chi connectivity index (χ1v) is 7.02. The highest BCUT2D eigenvalue weighted by atomic mass is 32.2. The Morgan fingerprint density at radius 1 is 1.32 bits per heavy atom. The van der Waals surface area contributed by atoms with Gasteiger partial charge in [-0.05, 0) is 17.7 Å². The lowest BCUT2D eigenvalue weighted by molar-refractivity contribution is -0.274. The van der Waals surface area contributed by atoms with Crippen molar-refractivity contribution in [1.82, 2.24) is 4.72 Å². The van der Waals surface area contributed by atoms with Crippen molar-refractivity contribution in [2.75, 3.05) is 12.8 Å². The zero-order valence-electron chi connectivity index (χ0n) is 9.94. The molecule has 0 heterocycles. The van der Waals surface area contributed by atoms with Crippen LogP contribution in [0.5, 0.6) is 5.75 Å². The van der Waals surface area contributed by atoms with Crippen molar-refractivity contribution in [1.29, 1.82) is 0 Å². The molecule has 0 spiro atoms. The molecule has 0 aromatic heterocycles. The lowest BCUT2D eigenvalue weighted by Crippen LogP contribution is -2.31. The Morgan fingerprint density at radius 3 is 2.26 bits per heavy atom. The highest BCUT2D eigenvalue weighted by Crippen LogP contribution is 2.23. The summed E-state index contributed by atoms with van der Waals surface area (Å²) in [5, 5.41) is 0. The van der Waals surface area contributed by atoms with Crippen molar-refractivity contribution in [3.63, 3.8) is 0 Å². The number of alkyl halides is 3. The first-order chi connectivity index (χ1) is 8.57. The van der Waals surface area contributed by atoms with E-state index in [1.807, 2.05) is 0 Å². The zero-order chi connectivity index (χ0) is 14.7. The maximum atomic E-state index is 11.9. The van der Waals surface area contributed by atoms with Crippen molar-refractivity contribution in [2.24, 2.45) is 5.73 Å². The van der Waals surface area contributed by atoms with Crippen molar-refractivity contribution in [2.45, 2.75) is 12.4 Å². The van der Waals surface area contributed by atoms with Crippen LogP contribution in [0.25, 0.3) is 0 Å². The molecule has 0 saturated heterocycles. The smallest absolute Gasteiger partial charge is 0.406 e. The molecule has 1 aromatic carbocycles. The lowest BCUT2D eigenvalue weighted by atomic mass is 10.1. The number of ether oxygens (including phenoxy) is 1. The molecule has 0 aliphatic rings. The van der Waals surface area contributed by atoms with E-state index in [0.717, 1.165) is 18.4 Å². The highest BCUT2D eigenvalue weighted by molar-refractivity contribution is 7.88. The number of hydrogen-bond acceptors (Lipinski definition) is 4. The third-order valence-corrected chi connectivity index (χ3v) is 2.80. The topological polar surface area (TPSA) is 81.4 Å². The molecule has 0 bridgehead atoms. The van der Waals surface area contributed by atoms with Crippen LogP contribution in [-0.4, -0.2) is 27.6 Å². The Labute approximate surface area is 108 Å². The Kier molecular flexibility index (Phi) is 4.77. The van der Waals surface area contributed by atoms with E-state index in [-0.39, 0.29) is 12.3 Å². The van der Waals surface area contributed by atoms with Gasteiger partial charge in [0, 0.05) is 12.6 Å². The van der Waals surface area contributed by atoms with Gasteiger partial charge in [-0.2, -0.15) is 0 Å². The fourth-order valence-electron chi connectivity index (χ4n) is 1.28. The maximum absolute atomic E-state index is 11.9. The van der Waals surface area contributed by atoms with Crippen LogP contribution in [0.15, 0.2) is 24.3 Å². The van der Waals surface area contributed by atoms with Gasteiger partial charge in [0.25, 0.3) is 0 Å². The molecule has 0 fully saturated rings. The van der Waals surface area contributed by atoms with Crippen LogP contribution in [-0.2, 0) is 10.0 Å². The predicted molar refractivity (Wildman–Crippen MR) is 62.9 cm³/mol. The molecule has 1 atom stereocenters. The first kappa shape index (κ1) is 15.7. The van der Waals surface area contributed by atoms with Crippen LogP contribution in [0.2, 0.25) is 0 Å². The summed E-state index contributed by atoms with van der Waals surface area (Å²) < 4.78 is 63.4. The average molecular weight is 298 g/mol. The predicted octanol–water partition coefficient (Wildman–Crippen LogP) is 1.13. The van der Waals surface area contributed by atoms with E-state index in [1.165, 1.54) is 12.1 Å². The van der Waals surface area contributed by atoms with Crippen LogP contribution in [0, 0.1) is 0 Å². The number of sulfonamides is 1. The summed E-state index contributed by atoms with van der Waals surface area (Å²) in [6.07, 6.45) is -3.76. The Hall–Kier alpha value is -1.32. The minimum absolute atomic E-state index is 0.0433. The van der Waals surface area contributed by atoms with Crippen LogP contribution in [0.1, 0.15) is 11.6 Å². The standard InChI is InChI=1S/C10H13F3N2O3S/c1-19(16,17)15-6-9(14)7-2-4-8(5-3-7)18-10(11,12)13/h2-5,9,15H,6,14H2,1H3. The Balaban J connectivity index is 2.65. The molecule has 0 saturated carbocycles. The van der Waals surface area contributed by atoms with Gasteiger partial charge < -0.3 is 10.5 Å². The highest BCUT2D eigenvalue weighted by Gasteiger charge is 2.31. The minimum Gasteiger partial charge on any atom is -0.406 e. The normalized spacial score (nSPS) is 14.2. The molecule has 1 rings (SSSR count). The fraction of sp³-hybridized carbons (Fsp3) is 0.400. The van der Waals surface area contributed by atoms with Gasteiger partial charge in [-0.15, -0.1) is 13.2 Å². The summed E-state index contributed by atoms with van der Waals surface area (Å²) in [6, 6.07) is 4.26. The number of rotatable bonds is 5. The van der Waals surface area contributed by atoms with Gasteiger partial charge >= 0.3 is 6.36 Å². The van der Waals surface area contributed by atoms with E-state index in [1.54, 1.807) is 0 Å². The van der Waals surface area contributed by atoms with Crippen molar-refractivity contribution < 1.29 is 26.3 Å². The molecule has 1 unspecified atom stereocenters. The summed E-state index contributed by atoms with van der Waals surface area (Å²) in [5.74, 6) is -0.362. The summed E-state index contributed by atoms with van der Waals surface area (Å²) >= 11 is 0. The van der Waals surface area contributed by atoms with E-state index in [9.17, 15) is 21.6 Å². The number of nitrogens with one attached hydrogen (secondary N) is 1. The first-order valence-electron chi connectivity index (χ1n) is 5.13. The molecule has 9 heteroatoms. The quantitative estimate of drug-likeness (QED) is 0.854. The van der Waals surface area contributed by atoms with Crippen molar-refractivity contribution >= 4 is 10.0 Å². The van der Waals surface area contributed by atoms with Gasteiger partial charge in [0.1, 0.15) is 5.75 Å². The second kappa shape index (κ2) is 5.76. The van der Waals surface area contributed by atoms with Crippen LogP contribution in [0.3, 0.4) is 0 Å². The molecule has 5 nitrogen and oxygen atoms in total. The minimum atomic E-state index is -4.75. The second-order valence-corrected chi connectivity index (χ2v) is 5.68. The number of benzene rings is 1. The number of halogens is 3. The lowest BCUT2D eigenvalue weighted by Gasteiger charge is -2.13. The molecule has 1 aromatic rings. The molecule has 19 heavy (non-hydrogen) atoms. The number of nitrogens with two attached hydrogens (primary N) is 1. The largest absolute Gasteiger partial charge is 0.573 e. The van der Waals surface area contributed by atoms with E-state index in [2.05, 4.69) is 9.46 Å². The summed E-state index contributed by atoms with van der Waals surface area (Å²) in [6.45, 7) is -0.0433. The van der Waals surface area contributed by atoms with E-state index in [4.69, 9.17) is 5.73 Å². The molecular weight excluding hydrogens is 285 g/mol. The second-order valence-electron chi connectivity index (χ2n) is 3.84. The average Bonchev–Trinajstić information content (AvgIpc) is 2.23. The van der Waals surface area contributed by atoms with Crippen molar-refractivity contribution in [3.8, 4) is 5.75 Å². The summed E-state index contributed by atoms with van der Waals surface area (Å²) in [7, 11) is -3.36. The van der Waals surface area contributed by atoms with Gasteiger partial charge in [0.05, 0.1) is 6.26 Å². The third kappa shape index (κ3) is 6.41. The molecular formula is C10H13F3N2O3S. The van der Waals surface area contributed by atoms with Gasteiger partial charge in [-0.25, -0.2) is 13.1 Å². The fourth-order valence-corrected chi connectivity index (χ4v) is 1.76. The summed E-state index contributed by atoms with van der Waals surface area (Å²) in [4.78, 5) is 0. The molecule has 0 radical (unpaired) electrons. The van der Waals surface area contributed by atoms with E-state index >= 15 is 0 Å². The molecule has 0 aliphatic heterocycles. The van der Waals surface area contributed by atoms with Gasteiger partial charge in [0.2, 0.25) is 10.0 Å². The Bertz CT molecular complexity index is 514. The number of hydrogen-bond donors (Lipinski definition) is 2. The van der Waals surface area contributed by atoms with Crippen LogP contribution in [0.4, 0.5) is 13.2 Å². The summed E-state index contributed by atoms with van der Waals surface area (Å²) in [5.41, 5.74) is 6.18. The zero-order valence-corrected chi connectivity index (χ0v) is 10.8. The van der Waals surface area contributed by atoms with Crippen LogP contribution >= 0.6 is 0 Å². The van der Waals surface area contributed by atoms with E-state index < -0.39 is 22.4 Å². The molecule has 108 valence electrons. The van der Waals surface area contributed by atoms with E-state index in [0.29, 0.717) is 5.56 Å². The molecule has 0 aliphatic carbocycles. The molecule has 0 amide bonds. The van der Waals surface area contributed by atoms with Gasteiger partial charge in [-0.3, -0.25) is 0 Å². The SMILES string of the molecule is CS(=O)(=O)NCC(N)c1ccc(OC(F)(F)F)cc1. The van der Waals surface area contributed by atoms with Crippen molar-refractivity contribution in [3.05, 3.63) is 29.8 Å². The third-order valence-electron chi connectivity index (χ3n) is 2.11. The monoisotopic (exact) mass is 298 g/mol. The maximum Gasteiger partial charge on any atom is 0.573 e. The van der Waals surface area contributed by atoms with Gasteiger partial charge in [0.15, 0.2) is 0 Å². The van der Waals surface area contributed by atoms with Crippen LogP contribution < -0.4 is 15.2 Å². The molecule has 3 N–H and O–H groups in total. The van der Waals surface area contributed by atoms with Gasteiger partial charge in [-0.1, -0.05) is 12.1 Å². The Morgan fingerprint density at radius 2 is 1.84 bits per heavy atom.